The predicted molar refractivity (Wildman–Crippen MR) is 336 cm³/mol. The second kappa shape index (κ2) is 16.9. The molecule has 5 aliphatic rings. The van der Waals surface area contributed by atoms with Crippen LogP contribution in [-0.2, 0) is 10.8 Å². The summed E-state index contributed by atoms with van der Waals surface area (Å²) in [6.07, 6.45) is 6.30. The molecule has 380 valence electrons. The van der Waals surface area contributed by atoms with E-state index in [-0.39, 0.29) is 5.41 Å². The van der Waals surface area contributed by atoms with Crippen LogP contribution < -0.4 is 4.90 Å². The first-order valence-corrected chi connectivity index (χ1v) is 29.1. The number of anilines is 3. The van der Waals surface area contributed by atoms with Gasteiger partial charge in [-0.3, -0.25) is 0 Å². The van der Waals surface area contributed by atoms with Crippen molar-refractivity contribution in [1.82, 2.24) is 4.57 Å². The average Bonchev–Trinajstić information content (AvgIpc) is 2.67. The van der Waals surface area contributed by atoms with Gasteiger partial charge in [-0.05, 0) is 168 Å². The largest absolute Gasteiger partial charge is 0.310 e. The van der Waals surface area contributed by atoms with Gasteiger partial charge in [-0.1, -0.05) is 232 Å². The van der Waals surface area contributed by atoms with Gasteiger partial charge in [-0.15, -0.1) is 0 Å². The van der Waals surface area contributed by atoms with Crippen LogP contribution >= 0.6 is 0 Å². The molecule has 2 heteroatoms. The van der Waals surface area contributed by atoms with Gasteiger partial charge in [0.1, 0.15) is 0 Å². The molecule has 0 N–H and O–H groups in total. The van der Waals surface area contributed by atoms with Gasteiger partial charge in [-0.2, -0.15) is 0 Å². The predicted octanol–water partition coefficient (Wildman–Crippen LogP) is 20.8. The summed E-state index contributed by atoms with van der Waals surface area (Å²) in [6.45, 7) is 0. The number of hydrogen-bond acceptors (Lipinski definition) is 1. The molecule has 18 rings (SSSR count). The van der Waals surface area contributed by atoms with Crippen LogP contribution in [-0.4, -0.2) is 4.57 Å². The smallest absolute Gasteiger partial charge is 0.0725 e. The van der Waals surface area contributed by atoms with Crippen LogP contribution in [0.15, 0.2) is 267 Å². The van der Waals surface area contributed by atoms with Gasteiger partial charge >= 0.3 is 0 Å². The molecule has 1 fully saturated rings. The van der Waals surface area contributed by atoms with Gasteiger partial charge in [0.2, 0.25) is 0 Å². The molecule has 1 aromatic heterocycles. The number of hydrogen-bond donors (Lipinski definition) is 0. The van der Waals surface area contributed by atoms with Crippen LogP contribution in [0.2, 0.25) is 0 Å². The summed E-state index contributed by atoms with van der Waals surface area (Å²) in [4.78, 5) is 2.45. The molecule has 0 saturated heterocycles. The van der Waals surface area contributed by atoms with E-state index >= 15 is 0 Å². The molecule has 1 aliphatic heterocycles. The van der Waals surface area contributed by atoms with Crippen LogP contribution in [0.3, 0.4) is 0 Å². The van der Waals surface area contributed by atoms with Crippen molar-refractivity contribution in [2.24, 2.45) is 0 Å². The van der Waals surface area contributed by atoms with Crippen LogP contribution in [0.4, 0.5) is 17.1 Å². The Kier molecular flexibility index (Phi) is 9.41. The van der Waals surface area contributed by atoms with E-state index in [0.717, 1.165) is 17.1 Å². The van der Waals surface area contributed by atoms with Gasteiger partial charge < -0.3 is 9.47 Å². The molecule has 81 heavy (non-hydrogen) atoms. The number of benzene rings is 12. The highest BCUT2D eigenvalue weighted by molar-refractivity contribution is 6.19. The Hall–Kier alpha value is -9.76. The third-order valence-electron chi connectivity index (χ3n) is 19.6. The van der Waals surface area contributed by atoms with Gasteiger partial charge in [0.05, 0.1) is 22.1 Å². The minimum atomic E-state index is -0.400. The lowest BCUT2D eigenvalue weighted by atomic mass is 9.67. The Morgan fingerprint density at radius 2 is 0.802 bits per heavy atom. The summed E-state index contributed by atoms with van der Waals surface area (Å²) in [5.74, 6) is 0. The maximum atomic E-state index is 2.62. The van der Waals surface area contributed by atoms with Crippen molar-refractivity contribution < 1.29 is 0 Å². The third-order valence-corrected chi connectivity index (χ3v) is 19.6. The van der Waals surface area contributed by atoms with Crippen molar-refractivity contribution in [3.8, 4) is 83.6 Å². The van der Waals surface area contributed by atoms with E-state index in [9.17, 15) is 0 Å². The average molecular weight is 1030 g/mol. The normalized spacial score (nSPS) is 14.9. The molecule has 0 radical (unpaired) electrons. The molecule has 2 nitrogen and oxygen atoms in total. The molecule has 0 atom stereocenters. The van der Waals surface area contributed by atoms with E-state index in [1.165, 1.54) is 165 Å². The Morgan fingerprint density at radius 3 is 1.51 bits per heavy atom. The Labute approximate surface area is 472 Å². The van der Waals surface area contributed by atoms with Gasteiger partial charge in [0.15, 0.2) is 0 Å². The summed E-state index contributed by atoms with van der Waals surface area (Å²) in [6, 6.07) is 101. The van der Waals surface area contributed by atoms with Gasteiger partial charge in [0.25, 0.3) is 0 Å². The topological polar surface area (TPSA) is 8.17 Å². The van der Waals surface area contributed by atoms with Crippen molar-refractivity contribution in [3.63, 3.8) is 0 Å². The fourth-order valence-corrected chi connectivity index (χ4v) is 16.2. The van der Waals surface area contributed by atoms with Crippen LogP contribution in [0.1, 0.15) is 65.5 Å². The highest BCUT2D eigenvalue weighted by Crippen LogP contribution is 2.65. The van der Waals surface area contributed by atoms with Crippen LogP contribution in [0.5, 0.6) is 0 Å². The summed E-state index contributed by atoms with van der Waals surface area (Å²) >= 11 is 0. The van der Waals surface area contributed by atoms with Gasteiger partial charge in [0, 0.05) is 44.4 Å². The lowest BCUT2D eigenvalue weighted by Gasteiger charge is -2.36. The highest BCUT2D eigenvalue weighted by atomic mass is 15.1. The van der Waals surface area contributed by atoms with Crippen molar-refractivity contribution in [2.75, 3.05) is 4.90 Å². The molecule has 0 unspecified atom stereocenters. The Bertz CT molecular complexity index is 4730. The molecule has 0 bridgehead atoms. The van der Waals surface area contributed by atoms with Crippen molar-refractivity contribution in [3.05, 3.63) is 300 Å². The summed E-state index contributed by atoms with van der Waals surface area (Å²) < 4.78 is 2.62. The first kappa shape index (κ1) is 45.1. The van der Waals surface area contributed by atoms with E-state index < -0.39 is 5.41 Å². The monoisotopic (exact) mass is 1030 g/mol. The van der Waals surface area contributed by atoms with Crippen molar-refractivity contribution >= 4 is 38.9 Å². The zero-order valence-corrected chi connectivity index (χ0v) is 44.8. The first-order valence-electron chi connectivity index (χ1n) is 29.1. The third kappa shape index (κ3) is 6.06. The van der Waals surface area contributed by atoms with Gasteiger partial charge in [-0.25, -0.2) is 0 Å². The van der Waals surface area contributed by atoms with E-state index in [1.807, 2.05) is 0 Å². The first-order chi connectivity index (χ1) is 40.2. The summed E-state index contributed by atoms with van der Waals surface area (Å²) in [7, 11) is 0. The maximum Gasteiger partial charge on any atom is 0.0725 e. The molecular weight excluding hydrogens is 977 g/mol. The van der Waals surface area contributed by atoms with E-state index in [1.54, 1.807) is 5.56 Å². The molecule has 0 amide bonds. The standard InChI is InChI=1S/C79H54N2/c1-3-18-50(19-4-1)51-32-37-54(38-33-51)80(56-41-43-70-65(49-56)61-24-9-13-29-69(61)79(70)67-27-11-7-22-59(67)60-23-8-12-28-68(60)79)55-39-34-52(35-40-55)57-20-5-6-21-58(57)53-36-45-74-66(48-53)63-26-17-30-71-75(63)76-72(78(71)46-15-2-16-47-78)44-42-64-62-25-10-14-31-73(62)81(74)77(64)76/h1,3-14,17-45,48-49H,2,15-16,46-47H2. The SMILES string of the molecule is c1ccc(-c2ccc(N(c3ccc(-c4ccccc4-c4ccc5c(c4)-c4cccc6c4-c4c(ccc7c8ccccc8n-5c47)C64CCCCC4)cc3)c3ccc4c(c3)-c3ccccc3C43c4ccccc4-c4ccccc43)cc2)cc1. The zero-order valence-electron chi connectivity index (χ0n) is 44.8. The molecular formula is C79H54N2. The second-order valence-electron chi connectivity index (χ2n) is 23.3. The van der Waals surface area contributed by atoms with E-state index in [4.69, 9.17) is 0 Å². The molecule has 12 aromatic carbocycles. The Morgan fingerprint density at radius 1 is 0.296 bits per heavy atom. The minimum Gasteiger partial charge on any atom is -0.310 e. The fraction of sp³-hybridized carbons (Fsp3) is 0.0886. The quantitative estimate of drug-likeness (QED) is 0.161. The second-order valence-corrected chi connectivity index (χ2v) is 23.3. The Balaban J connectivity index is 0.777. The van der Waals surface area contributed by atoms with E-state index in [2.05, 4.69) is 276 Å². The molecule has 4 aliphatic carbocycles. The highest BCUT2D eigenvalue weighted by Gasteiger charge is 2.52. The number of aromatic nitrogens is 1. The summed E-state index contributed by atoms with van der Waals surface area (Å²) in [5, 5.41) is 2.67. The molecule has 1 saturated carbocycles. The molecule has 13 aromatic rings. The van der Waals surface area contributed by atoms with E-state index in [0.29, 0.717) is 0 Å². The maximum absolute atomic E-state index is 2.62. The van der Waals surface area contributed by atoms with Crippen molar-refractivity contribution in [1.29, 1.82) is 0 Å². The van der Waals surface area contributed by atoms with Crippen molar-refractivity contribution in [2.45, 2.75) is 42.9 Å². The zero-order chi connectivity index (χ0) is 53.0. The number of para-hydroxylation sites is 1. The summed E-state index contributed by atoms with van der Waals surface area (Å²) in [5.41, 5.74) is 33.4. The molecule has 2 heterocycles. The molecule has 2 spiro atoms. The lowest BCUT2D eigenvalue weighted by molar-refractivity contribution is 0.353. The fourth-order valence-electron chi connectivity index (χ4n) is 16.2. The van der Waals surface area contributed by atoms with Crippen LogP contribution in [0, 0.1) is 0 Å². The minimum absolute atomic E-state index is 0.0631. The number of nitrogens with zero attached hydrogens (tertiary/aromatic N) is 2. The van der Waals surface area contributed by atoms with Crippen LogP contribution in [0.25, 0.3) is 105 Å². The lowest BCUT2D eigenvalue weighted by Crippen LogP contribution is -2.28. The number of fused-ring (bicyclic) bond motifs is 18. The number of rotatable bonds is 6.